The second kappa shape index (κ2) is 6.42. The van der Waals surface area contributed by atoms with Gasteiger partial charge in [-0.1, -0.05) is 6.07 Å². The zero-order valence-corrected chi connectivity index (χ0v) is 16.1. The van der Waals surface area contributed by atoms with Crippen molar-refractivity contribution in [2.75, 3.05) is 11.1 Å². The molecule has 22 heavy (non-hydrogen) atoms. The van der Waals surface area contributed by atoms with Crippen LogP contribution in [0.15, 0.2) is 27.1 Å². The number of carbonyl (C=O) groups is 1. The first-order valence-electron chi connectivity index (χ1n) is 6.86. The van der Waals surface area contributed by atoms with Gasteiger partial charge in [0.05, 0.1) is 5.69 Å². The van der Waals surface area contributed by atoms with Crippen molar-refractivity contribution in [2.45, 2.75) is 27.7 Å². The van der Waals surface area contributed by atoms with Crippen LogP contribution in [0.3, 0.4) is 0 Å². The Bertz CT molecular complexity index is 741. The van der Waals surface area contributed by atoms with Crippen LogP contribution in [0.2, 0.25) is 0 Å². The normalized spacial score (nSPS) is 10.6. The highest BCUT2D eigenvalue weighted by Crippen LogP contribution is 2.40. The highest BCUT2D eigenvalue weighted by atomic mass is 79.9. The van der Waals surface area contributed by atoms with E-state index in [-0.39, 0.29) is 5.91 Å². The van der Waals surface area contributed by atoms with E-state index in [1.165, 1.54) is 5.56 Å². The lowest BCUT2D eigenvalue weighted by Crippen LogP contribution is -2.15. The van der Waals surface area contributed by atoms with Gasteiger partial charge in [-0.15, -0.1) is 0 Å². The van der Waals surface area contributed by atoms with Gasteiger partial charge in [0.15, 0.2) is 0 Å². The van der Waals surface area contributed by atoms with Crippen LogP contribution in [0.5, 0.6) is 0 Å². The minimum atomic E-state index is -0.127. The third kappa shape index (κ3) is 3.06. The number of hydrogen-bond donors (Lipinski definition) is 2. The lowest BCUT2D eigenvalue weighted by atomic mass is 10.0. The maximum atomic E-state index is 12.5. The molecule has 1 amide bonds. The summed E-state index contributed by atoms with van der Waals surface area (Å²) in [7, 11) is 0. The number of nitrogens with two attached hydrogens (primary N) is 1. The number of amides is 1. The summed E-state index contributed by atoms with van der Waals surface area (Å²) in [4.78, 5) is 12.5. The van der Waals surface area contributed by atoms with Crippen LogP contribution < -0.4 is 11.1 Å². The molecule has 0 aliphatic heterocycles. The lowest BCUT2D eigenvalue weighted by Gasteiger charge is -2.17. The van der Waals surface area contributed by atoms with E-state index < -0.39 is 0 Å². The molecule has 5 heteroatoms. The van der Waals surface area contributed by atoms with Crippen LogP contribution >= 0.6 is 31.9 Å². The third-order valence-electron chi connectivity index (χ3n) is 3.89. The minimum Gasteiger partial charge on any atom is -0.397 e. The number of nitrogens with one attached hydrogen (secondary N) is 1. The van der Waals surface area contributed by atoms with Gasteiger partial charge in [0.25, 0.3) is 5.91 Å². The summed E-state index contributed by atoms with van der Waals surface area (Å²) in [5.74, 6) is -0.127. The van der Waals surface area contributed by atoms with Gasteiger partial charge in [0.1, 0.15) is 0 Å². The standard InChI is InChI=1S/C17H18Br2N2O/c1-8-5-6-12(7-9(8)2)17(22)21-16-10(3)13(18)15(20)14(19)11(16)4/h5-7H,20H2,1-4H3,(H,21,22). The topological polar surface area (TPSA) is 55.1 Å². The van der Waals surface area contributed by atoms with E-state index in [0.29, 0.717) is 11.3 Å². The summed E-state index contributed by atoms with van der Waals surface area (Å²) < 4.78 is 1.58. The quantitative estimate of drug-likeness (QED) is 0.643. The molecule has 0 fully saturated rings. The summed E-state index contributed by atoms with van der Waals surface area (Å²) in [6.45, 7) is 7.88. The largest absolute Gasteiger partial charge is 0.397 e. The monoisotopic (exact) mass is 424 g/mol. The number of halogens is 2. The molecule has 0 saturated carbocycles. The van der Waals surface area contributed by atoms with Crippen molar-refractivity contribution in [1.29, 1.82) is 0 Å². The van der Waals surface area contributed by atoms with Crippen LogP contribution in [0.4, 0.5) is 11.4 Å². The fourth-order valence-corrected chi connectivity index (χ4v) is 3.32. The van der Waals surface area contributed by atoms with Crippen molar-refractivity contribution in [3.8, 4) is 0 Å². The van der Waals surface area contributed by atoms with E-state index >= 15 is 0 Å². The fraction of sp³-hybridized carbons (Fsp3) is 0.235. The Morgan fingerprint density at radius 3 is 2.05 bits per heavy atom. The Morgan fingerprint density at radius 1 is 1.00 bits per heavy atom. The molecule has 2 rings (SSSR count). The zero-order chi connectivity index (χ0) is 16.6. The number of carbonyl (C=O) groups excluding carboxylic acids is 1. The lowest BCUT2D eigenvalue weighted by molar-refractivity contribution is 0.102. The van der Waals surface area contributed by atoms with Gasteiger partial charge in [-0.25, -0.2) is 0 Å². The predicted octanol–water partition coefficient (Wildman–Crippen LogP) is 5.28. The molecule has 0 spiro atoms. The van der Waals surface area contributed by atoms with Crippen molar-refractivity contribution >= 4 is 49.1 Å². The highest BCUT2D eigenvalue weighted by molar-refractivity contribution is 9.11. The molecule has 2 aromatic carbocycles. The first-order valence-corrected chi connectivity index (χ1v) is 8.44. The summed E-state index contributed by atoms with van der Waals surface area (Å²) in [5, 5.41) is 3.00. The summed E-state index contributed by atoms with van der Waals surface area (Å²) in [6, 6.07) is 5.69. The van der Waals surface area contributed by atoms with Gasteiger partial charge < -0.3 is 11.1 Å². The second-order valence-corrected chi connectivity index (χ2v) is 7.01. The molecule has 0 aliphatic rings. The van der Waals surface area contributed by atoms with Gasteiger partial charge in [-0.3, -0.25) is 4.79 Å². The Balaban J connectivity index is 2.42. The molecule has 0 saturated heterocycles. The van der Waals surface area contributed by atoms with Crippen LogP contribution in [0.1, 0.15) is 32.6 Å². The van der Waals surface area contributed by atoms with Crippen LogP contribution in [-0.4, -0.2) is 5.91 Å². The first kappa shape index (κ1) is 17.0. The number of aryl methyl sites for hydroxylation is 2. The van der Waals surface area contributed by atoms with E-state index in [4.69, 9.17) is 5.73 Å². The van der Waals surface area contributed by atoms with Crippen molar-refractivity contribution < 1.29 is 4.79 Å². The zero-order valence-electron chi connectivity index (χ0n) is 13.0. The number of nitrogen functional groups attached to an aromatic ring is 1. The summed E-state index contributed by atoms with van der Waals surface area (Å²) in [6.07, 6.45) is 0. The Hall–Kier alpha value is -1.33. The number of rotatable bonds is 2. The number of hydrogen-bond acceptors (Lipinski definition) is 2. The SMILES string of the molecule is Cc1ccc(C(=O)Nc2c(C)c(Br)c(N)c(Br)c2C)cc1C. The van der Waals surface area contributed by atoms with Crippen molar-refractivity contribution in [3.05, 3.63) is 55.0 Å². The summed E-state index contributed by atoms with van der Waals surface area (Å²) >= 11 is 6.95. The van der Waals surface area contributed by atoms with Gasteiger partial charge in [0, 0.05) is 20.2 Å². The van der Waals surface area contributed by atoms with E-state index in [1.54, 1.807) is 0 Å². The van der Waals surface area contributed by atoms with Crippen molar-refractivity contribution in [1.82, 2.24) is 0 Å². The maximum Gasteiger partial charge on any atom is 0.255 e. The van der Waals surface area contributed by atoms with Gasteiger partial charge in [-0.2, -0.15) is 0 Å². The predicted molar refractivity (Wildman–Crippen MR) is 99.6 cm³/mol. The van der Waals surface area contributed by atoms with Gasteiger partial charge in [-0.05, 0) is 93.9 Å². The van der Waals surface area contributed by atoms with Crippen molar-refractivity contribution in [3.63, 3.8) is 0 Å². The van der Waals surface area contributed by atoms with E-state index in [0.717, 1.165) is 31.3 Å². The molecule has 116 valence electrons. The second-order valence-electron chi connectivity index (χ2n) is 5.42. The first-order chi connectivity index (χ1) is 10.2. The van der Waals surface area contributed by atoms with Crippen molar-refractivity contribution in [2.24, 2.45) is 0 Å². The average molecular weight is 426 g/mol. The maximum absolute atomic E-state index is 12.5. The third-order valence-corrected chi connectivity index (χ3v) is 5.93. The van der Waals surface area contributed by atoms with Crippen LogP contribution in [0.25, 0.3) is 0 Å². The molecule has 0 atom stereocenters. The molecule has 0 radical (unpaired) electrons. The molecule has 0 aliphatic carbocycles. The Labute approximate surface area is 147 Å². The van der Waals surface area contributed by atoms with Crippen LogP contribution in [-0.2, 0) is 0 Å². The average Bonchev–Trinajstić information content (AvgIpc) is 2.50. The molecule has 0 bridgehead atoms. The van der Waals surface area contributed by atoms with E-state index in [9.17, 15) is 4.79 Å². The fourth-order valence-electron chi connectivity index (χ4n) is 2.26. The molecule has 0 unspecified atom stereocenters. The summed E-state index contributed by atoms with van der Waals surface area (Å²) in [5.41, 5.74) is 12.2. The molecular weight excluding hydrogens is 408 g/mol. The smallest absolute Gasteiger partial charge is 0.255 e. The van der Waals surface area contributed by atoms with E-state index in [2.05, 4.69) is 37.2 Å². The molecule has 0 aromatic heterocycles. The Kier molecular flexibility index (Phi) is 4.97. The van der Waals surface area contributed by atoms with E-state index in [1.807, 2.05) is 45.9 Å². The number of anilines is 2. The molecular formula is C17H18Br2N2O. The minimum absolute atomic E-state index is 0.127. The highest BCUT2D eigenvalue weighted by Gasteiger charge is 2.17. The van der Waals surface area contributed by atoms with Gasteiger partial charge in [0.2, 0.25) is 0 Å². The molecule has 3 nitrogen and oxygen atoms in total. The Morgan fingerprint density at radius 2 is 1.55 bits per heavy atom. The number of benzene rings is 2. The van der Waals surface area contributed by atoms with Gasteiger partial charge >= 0.3 is 0 Å². The van der Waals surface area contributed by atoms with Crippen LogP contribution in [0, 0.1) is 27.7 Å². The molecule has 3 N–H and O–H groups in total. The molecule has 0 heterocycles. The molecule has 2 aromatic rings.